The minimum atomic E-state index is -2.65. The standard InChI is InChI=1S/C35H40O3Si/c1-34(2,3)39(27-15-9-7-10-16-27,28-17-11-8-12-18-28)38-23-22-35(4)21-13-14-26-24-29-30(25-31(26)35)33(37-6)20-19-32(29)36-5/h7-12,15-20,22-25H,13-14,21H2,1-6H3/b23-22+/t35-/m0/s1. The normalized spacial score (nSPS) is 17.7. The van der Waals surface area contributed by atoms with Crippen LogP contribution in [0.3, 0.4) is 0 Å². The number of fused-ring (bicyclic) bond motifs is 2. The van der Waals surface area contributed by atoms with Gasteiger partial charge in [-0.1, -0.05) is 88.4 Å². The predicted molar refractivity (Wildman–Crippen MR) is 165 cm³/mol. The monoisotopic (exact) mass is 536 g/mol. The van der Waals surface area contributed by atoms with Crippen molar-refractivity contribution in [2.75, 3.05) is 14.2 Å². The maximum absolute atomic E-state index is 7.13. The first-order chi connectivity index (χ1) is 18.7. The van der Waals surface area contributed by atoms with E-state index in [9.17, 15) is 0 Å². The molecule has 202 valence electrons. The van der Waals surface area contributed by atoms with Gasteiger partial charge in [0.05, 0.1) is 20.5 Å². The molecule has 1 aliphatic rings. The Morgan fingerprint density at radius 3 is 1.82 bits per heavy atom. The van der Waals surface area contributed by atoms with E-state index in [0.29, 0.717) is 0 Å². The van der Waals surface area contributed by atoms with E-state index in [2.05, 4.69) is 107 Å². The summed E-state index contributed by atoms with van der Waals surface area (Å²) in [6.07, 6.45) is 7.59. The molecule has 0 saturated carbocycles. The fourth-order valence-electron chi connectivity index (χ4n) is 6.41. The van der Waals surface area contributed by atoms with Crippen LogP contribution in [0.5, 0.6) is 11.5 Å². The quantitative estimate of drug-likeness (QED) is 0.180. The molecular weight excluding hydrogens is 496 g/mol. The molecule has 5 rings (SSSR count). The van der Waals surface area contributed by atoms with Crippen LogP contribution >= 0.6 is 0 Å². The van der Waals surface area contributed by atoms with Crippen molar-refractivity contribution in [1.29, 1.82) is 0 Å². The largest absolute Gasteiger partial charge is 0.540 e. The highest BCUT2D eigenvalue weighted by molar-refractivity contribution is 6.99. The lowest BCUT2D eigenvalue weighted by atomic mass is 9.70. The maximum Gasteiger partial charge on any atom is 0.319 e. The summed E-state index contributed by atoms with van der Waals surface area (Å²) in [5.41, 5.74) is 2.56. The van der Waals surface area contributed by atoms with Gasteiger partial charge in [0.1, 0.15) is 11.5 Å². The molecule has 4 aromatic rings. The Balaban J connectivity index is 1.61. The molecule has 0 heterocycles. The highest BCUT2D eigenvalue weighted by Gasteiger charge is 2.51. The Morgan fingerprint density at radius 1 is 0.769 bits per heavy atom. The zero-order valence-corrected chi connectivity index (χ0v) is 25.1. The summed E-state index contributed by atoms with van der Waals surface area (Å²) >= 11 is 0. The van der Waals surface area contributed by atoms with Crippen molar-refractivity contribution in [1.82, 2.24) is 0 Å². The van der Waals surface area contributed by atoms with Gasteiger partial charge in [-0.05, 0) is 76.1 Å². The first kappa shape index (κ1) is 27.1. The van der Waals surface area contributed by atoms with Gasteiger partial charge < -0.3 is 13.9 Å². The van der Waals surface area contributed by atoms with Crippen LogP contribution in [0.15, 0.2) is 97.3 Å². The van der Waals surface area contributed by atoms with E-state index < -0.39 is 8.32 Å². The molecule has 1 aliphatic carbocycles. The highest BCUT2D eigenvalue weighted by Crippen LogP contribution is 2.44. The van der Waals surface area contributed by atoms with Gasteiger partial charge in [-0.2, -0.15) is 0 Å². The summed E-state index contributed by atoms with van der Waals surface area (Å²) in [4.78, 5) is 0. The molecule has 3 nitrogen and oxygen atoms in total. The molecule has 0 saturated heterocycles. The fourth-order valence-corrected chi connectivity index (χ4v) is 10.7. The zero-order valence-electron chi connectivity index (χ0n) is 24.1. The molecule has 39 heavy (non-hydrogen) atoms. The van der Waals surface area contributed by atoms with Crippen LogP contribution < -0.4 is 19.8 Å². The Labute approximate surface area is 234 Å². The van der Waals surface area contributed by atoms with Crippen molar-refractivity contribution < 1.29 is 13.9 Å². The predicted octanol–water partition coefficient (Wildman–Crippen LogP) is 7.54. The number of methoxy groups -OCH3 is 2. The molecular formula is C35H40O3Si. The van der Waals surface area contributed by atoms with Gasteiger partial charge in [-0.3, -0.25) is 0 Å². The second-order valence-corrected chi connectivity index (χ2v) is 16.1. The molecule has 0 unspecified atom stereocenters. The first-order valence-corrected chi connectivity index (χ1v) is 15.8. The van der Waals surface area contributed by atoms with Crippen molar-refractivity contribution in [2.24, 2.45) is 0 Å². The van der Waals surface area contributed by atoms with E-state index in [1.807, 2.05) is 18.4 Å². The van der Waals surface area contributed by atoms with E-state index in [0.717, 1.165) is 41.5 Å². The Kier molecular flexibility index (Phi) is 7.34. The van der Waals surface area contributed by atoms with E-state index in [1.165, 1.54) is 21.5 Å². The molecule has 0 aromatic heterocycles. The van der Waals surface area contributed by atoms with Gasteiger partial charge in [-0.25, -0.2) is 0 Å². The van der Waals surface area contributed by atoms with E-state index >= 15 is 0 Å². The van der Waals surface area contributed by atoms with Crippen LogP contribution in [0.1, 0.15) is 51.7 Å². The molecule has 0 N–H and O–H groups in total. The van der Waals surface area contributed by atoms with Gasteiger partial charge in [0, 0.05) is 16.2 Å². The lowest BCUT2D eigenvalue weighted by Gasteiger charge is -2.42. The lowest BCUT2D eigenvalue weighted by Crippen LogP contribution is -2.65. The van der Waals surface area contributed by atoms with Gasteiger partial charge in [-0.15, -0.1) is 0 Å². The summed E-state index contributed by atoms with van der Waals surface area (Å²) < 4.78 is 18.6. The minimum Gasteiger partial charge on any atom is -0.540 e. The van der Waals surface area contributed by atoms with Crippen molar-refractivity contribution in [3.8, 4) is 11.5 Å². The molecule has 0 amide bonds. The third kappa shape index (κ3) is 4.76. The van der Waals surface area contributed by atoms with Gasteiger partial charge in [0.25, 0.3) is 0 Å². The minimum absolute atomic E-state index is 0.0778. The third-order valence-electron chi connectivity index (χ3n) is 8.46. The number of hydrogen-bond acceptors (Lipinski definition) is 3. The maximum atomic E-state index is 7.13. The van der Waals surface area contributed by atoms with Crippen LogP contribution in [-0.2, 0) is 16.3 Å². The SMILES string of the molecule is COc1ccc(OC)c2cc3c(cc12)CCC[C@@]3(C)/C=C/O[Si](c1ccccc1)(c1ccccc1)C(C)(C)C. The first-order valence-electron chi connectivity index (χ1n) is 13.9. The molecule has 0 fully saturated rings. The smallest absolute Gasteiger partial charge is 0.319 e. The Morgan fingerprint density at radius 2 is 1.31 bits per heavy atom. The second-order valence-electron chi connectivity index (χ2n) is 11.9. The fraction of sp³-hybridized carbons (Fsp3) is 0.314. The summed E-state index contributed by atoms with van der Waals surface area (Å²) in [5, 5.41) is 4.68. The number of allylic oxidation sites excluding steroid dienone is 1. The molecule has 1 atom stereocenters. The molecule has 0 bridgehead atoms. The number of benzene rings is 4. The molecule has 4 heteroatoms. The van der Waals surface area contributed by atoms with Crippen LogP contribution in [-0.4, -0.2) is 22.5 Å². The summed E-state index contributed by atoms with van der Waals surface area (Å²) in [5.74, 6) is 1.75. The van der Waals surface area contributed by atoms with E-state index in [4.69, 9.17) is 13.9 Å². The summed E-state index contributed by atoms with van der Waals surface area (Å²) in [6.45, 7) is 9.29. The number of hydrogen-bond donors (Lipinski definition) is 0. The molecule has 4 aromatic carbocycles. The highest BCUT2D eigenvalue weighted by atomic mass is 28.4. The van der Waals surface area contributed by atoms with Crippen LogP contribution in [0.2, 0.25) is 5.04 Å². The second kappa shape index (κ2) is 10.6. The average molecular weight is 537 g/mol. The Bertz CT molecular complexity index is 1430. The zero-order chi connectivity index (χ0) is 27.7. The van der Waals surface area contributed by atoms with Gasteiger partial charge in [0.2, 0.25) is 0 Å². The Hall–Kier alpha value is -3.50. The number of aryl methyl sites for hydroxylation is 1. The van der Waals surface area contributed by atoms with Crippen LogP contribution in [0.25, 0.3) is 10.8 Å². The van der Waals surface area contributed by atoms with Crippen LogP contribution in [0.4, 0.5) is 0 Å². The lowest BCUT2D eigenvalue weighted by molar-refractivity contribution is 0.409. The van der Waals surface area contributed by atoms with Gasteiger partial charge in [0.15, 0.2) is 0 Å². The summed E-state index contributed by atoms with van der Waals surface area (Å²) in [6, 6.07) is 30.2. The summed E-state index contributed by atoms with van der Waals surface area (Å²) in [7, 11) is 0.813. The third-order valence-corrected chi connectivity index (χ3v) is 13.4. The van der Waals surface area contributed by atoms with Crippen molar-refractivity contribution in [3.05, 3.63) is 108 Å². The van der Waals surface area contributed by atoms with E-state index in [1.54, 1.807) is 14.2 Å². The van der Waals surface area contributed by atoms with Crippen LogP contribution in [0, 0.1) is 0 Å². The number of rotatable bonds is 7. The van der Waals surface area contributed by atoms with Crippen molar-refractivity contribution >= 4 is 29.5 Å². The molecule has 0 aliphatic heterocycles. The van der Waals surface area contributed by atoms with E-state index in [-0.39, 0.29) is 10.5 Å². The number of ether oxygens (including phenoxy) is 2. The molecule has 0 radical (unpaired) electrons. The van der Waals surface area contributed by atoms with Gasteiger partial charge >= 0.3 is 8.32 Å². The van der Waals surface area contributed by atoms with Crippen molar-refractivity contribution in [2.45, 2.75) is 57.4 Å². The average Bonchev–Trinajstić information content (AvgIpc) is 2.94. The molecule has 0 spiro atoms. The topological polar surface area (TPSA) is 27.7 Å². The van der Waals surface area contributed by atoms with Crippen molar-refractivity contribution in [3.63, 3.8) is 0 Å².